The number of halogens is 1. The summed E-state index contributed by atoms with van der Waals surface area (Å²) in [5.41, 5.74) is 9.33. The first-order chi connectivity index (χ1) is 11.1. The molecule has 0 spiro atoms. The molecule has 0 saturated carbocycles. The molecule has 0 bridgehead atoms. The zero-order chi connectivity index (χ0) is 16.4. The number of rotatable bonds is 4. The molecule has 0 atom stereocenters. The Morgan fingerprint density at radius 2 is 1.96 bits per heavy atom. The minimum atomic E-state index is 0.533. The molecule has 23 heavy (non-hydrogen) atoms. The van der Waals surface area contributed by atoms with E-state index in [2.05, 4.69) is 25.5 Å². The Labute approximate surface area is 139 Å². The summed E-state index contributed by atoms with van der Waals surface area (Å²) < 4.78 is 0. The number of aromatic nitrogens is 4. The maximum absolute atomic E-state index is 6.17. The van der Waals surface area contributed by atoms with E-state index in [4.69, 9.17) is 17.3 Å². The van der Waals surface area contributed by atoms with E-state index in [0.717, 1.165) is 17.0 Å². The van der Waals surface area contributed by atoms with Gasteiger partial charge in [-0.05, 0) is 37.6 Å². The second-order valence-electron chi connectivity index (χ2n) is 5.18. The number of nitrogen functional groups attached to an aromatic ring is 1. The van der Waals surface area contributed by atoms with E-state index < -0.39 is 0 Å². The van der Waals surface area contributed by atoms with Gasteiger partial charge in [-0.3, -0.25) is 5.10 Å². The van der Waals surface area contributed by atoms with Crippen molar-refractivity contribution >= 4 is 28.9 Å². The Morgan fingerprint density at radius 3 is 2.57 bits per heavy atom. The fourth-order valence-electron chi connectivity index (χ4n) is 2.21. The second-order valence-corrected chi connectivity index (χ2v) is 5.61. The lowest BCUT2D eigenvalue weighted by Crippen LogP contribution is -2.07. The SMILES string of the molecule is CCc1nc(-c2ccc(Cl)cc2)nc(Nc2cc(C)[nH]n2)c1N. The van der Waals surface area contributed by atoms with Gasteiger partial charge in [-0.2, -0.15) is 5.10 Å². The number of hydrogen-bond acceptors (Lipinski definition) is 5. The molecule has 3 aromatic rings. The Hall–Kier alpha value is -2.60. The third kappa shape index (κ3) is 3.27. The van der Waals surface area contributed by atoms with Gasteiger partial charge in [0.05, 0.1) is 11.4 Å². The molecule has 2 heterocycles. The third-order valence-electron chi connectivity index (χ3n) is 3.41. The smallest absolute Gasteiger partial charge is 0.161 e. The summed E-state index contributed by atoms with van der Waals surface area (Å²) in [4.78, 5) is 9.09. The summed E-state index contributed by atoms with van der Waals surface area (Å²) in [5.74, 6) is 1.81. The van der Waals surface area contributed by atoms with Crippen LogP contribution in [0.5, 0.6) is 0 Å². The van der Waals surface area contributed by atoms with Crippen molar-refractivity contribution in [2.45, 2.75) is 20.3 Å². The number of nitrogens with two attached hydrogens (primary N) is 1. The molecule has 0 aliphatic heterocycles. The van der Waals surface area contributed by atoms with Gasteiger partial charge in [0.25, 0.3) is 0 Å². The van der Waals surface area contributed by atoms with Crippen molar-refractivity contribution < 1.29 is 0 Å². The van der Waals surface area contributed by atoms with Gasteiger partial charge in [0.15, 0.2) is 17.5 Å². The Kier molecular flexibility index (Phi) is 4.16. The number of aryl methyl sites for hydroxylation is 2. The summed E-state index contributed by atoms with van der Waals surface area (Å²) in [6.07, 6.45) is 0.712. The van der Waals surface area contributed by atoms with Crippen molar-refractivity contribution in [2.24, 2.45) is 0 Å². The Balaban J connectivity index is 2.04. The van der Waals surface area contributed by atoms with Crippen LogP contribution >= 0.6 is 11.6 Å². The predicted octanol–water partition coefficient (Wildman–Crippen LogP) is 3.72. The molecule has 0 fully saturated rings. The van der Waals surface area contributed by atoms with Gasteiger partial charge in [-0.25, -0.2) is 9.97 Å². The number of H-pyrrole nitrogens is 1. The fourth-order valence-corrected chi connectivity index (χ4v) is 2.34. The summed E-state index contributed by atoms with van der Waals surface area (Å²) in [6, 6.07) is 9.28. The van der Waals surface area contributed by atoms with Crippen LogP contribution in [0.3, 0.4) is 0 Å². The zero-order valence-electron chi connectivity index (χ0n) is 12.9. The number of nitrogens with zero attached hydrogens (tertiary/aromatic N) is 3. The minimum absolute atomic E-state index is 0.533. The molecule has 118 valence electrons. The summed E-state index contributed by atoms with van der Waals surface area (Å²) in [6.45, 7) is 3.94. The fraction of sp³-hybridized carbons (Fsp3) is 0.188. The van der Waals surface area contributed by atoms with Crippen LogP contribution in [-0.4, -0.2) is 20.2 Å². The highest BCUT2D eigenvalue weighted by molar-refractivity contribution is 6.30. The van der Waals surface area contributed by atoms with Gasteiger partial charge in [-0.1, -0.05) is 18.5 Å². The highest BCUT2D eigenvalue weighted by atomic mass is 35.5. The van der Waals surface area contributed by atoms with Crippen LogP contribution in [0.15, 0.2) is 30.3 Å². The van der Waals surface area contributed by atoms with Crippen LogP contribution in [0.25, 0.3) is 11.4 Å². The number of aromatic amines is 1. The van der Waals surface area contributed by atoms with Crippen molar-refractivity contribution in [3.63, 3.8) is 0 Å². The molecule has 0 unspecified atom stereocenters. The molecule has 6 nitrogen and oxygen atoms in total. The average Bonchev–Trinajstić information content (AvgIpc) is 2.95. The van der Waals surface area contributed by atoms with Crippen LogP contribution in [-0.2, 0) is 6.42 Å². The van der Waals surface area contributed by atoms with E-state index in [0.29, 0.717) is 34.6 Å². The number of hydrogen-bond donors (Lipinski definition) is 3. The van der Waals surface area contributed by atoms with Crippen LogP contribution in [0.1, 0.15) is 18.3 Å². The lowest BCUT2D eigenvalue weighted by molar-refractivity contribution is 1.01. The van der Waals surface area contributed by atoms with E-state index in [-0.39, 0.29) is 0 Å². The van der Waals surface area contributed by atoms with E-state index >= 15 is 0 Å². The molecular weight excluding hydrogens is 312 g/mol. The quantitative estimate of drug-likeness (QED) is 0.678. The molecular formula is C16H17ClN6. The highest BCUT2D eigenvalue weighted by Crippen LogP contribution is 2.27. The van der Waals surface area contributed by atoms with Crippen LogP contribution in [0.2, 0.25) is 5.02 Å². The third-order valence-corrected chi connectivity index (χ3v) is 3.67. The predicted molar refractivity (Wildman–Crippen MR) is 92.9 cm³/mol. The van der Waals surface area contributed by atoms with Crippen molar-refractivity contribution in [3.8, 4) is 11.4 Å². The number of benzene rings is 1. The van der Waals surface area contributed by atoms with Crippen molar-refractivity contribution in [2.75, 3.05) is 11.1 Å². The first-order valence-electron chi connectivity index (χ1n) is 7.28. The zero-order valence-corrected chi connectivity index (χ0v) is 13.6. The summed E-state index contributed by atoms with van der Waals surface area (Å²) >= 11 is 5.94. The minimum Gasteiger partial charge on any atom is -0.394 e. The topological polar surface area (TPSA) is 92.5 Å². The van der Waals surface area contributed by atoms with Gasteiger partial charge < -0.3 is 11.1 Å². The van der Waals surface area contributed by atoms with Crippen LogP contribution in [0.4, 0.5) is 17.3 Å². The molecule has 4 N–H and O–H groups in total. The normalized spacial score (nSPS) is 10.7. The molecule has 0 aliphatic carbocycles. The van der Waals surface area contributed by atoms with Gasteiger partial charge in [0, 0.05) is 22.3 Å². The van der Waals surface area contributed by atoms with E-state index in [1.165, 1.54) is 0 Å². The van der Waals surface area contributed by atoms with Gasteiger partial charge in [0.1, 0.15) is 0 Å². The molecule has 0 saturated heterocycles. The molecule has 3 rings (SSSR count). The van der Waals surface area contributed by atoms with Crippen molar-refractivity contribution in [1.29, 1.82) is 0 Å². The lowest BCUT2D eigenvalue weighted by atomic mass is 10.2. The maximum atomic E-state index is 6.17. The van der Waals surface area contributed by atoms with Crippen LogP contribution < -0.4 is 11.1 Å². The first kappa shape index (κ1) is 15.3. The summed E-state index contributed by atoms with van der Waals surface area (Å²) in [7, 11) is 0. The maximum Gasteiger partial charge on any atom is 0.161 e. The number of anilines is 3. The standard InChI is InChI=1S/C16H17ClN6/c1-3-12-14(18)16(20-13-8-9(2)22-23-13)21-15(19-12)10-4-6-11(17)7-5-10/h4-8H,3,18H2,1-2H3,(H2,19,20,21,22,23). The number of nitrogens with one attached hydrogen (secondary N) is 2. The Morgan fingerprint density at radius 1 is 1.22 bits per heavy atom. The lowest BCUT2D eigenvalue weighted by Gasteiger charge is -2.12. The Bertz CT molecular complexity index is 825. The summed E-state index contributed by atoms with van der Waals surface area (Å²) in [5, 5.41) is 10.8. The average molecular weight is 329 g/mol. The second kappa shape index (κ2) is 6.26. The molecule has 1 aromatic carbocycles. The molecule has 0 radical (unpaired) electrons. The molecule has 7 heteroatoms. The van der Waals surface area contributed by atoms with Crippen molar-refractivity contribution in [3.05, 3.63) is 46.7 Å². The monoisotopic (exact) mass is 328 g/mol. The highest BCUT2D eigenvalue weighted by Gasteiger charge is 2.13. The van der Waals surface area contributed by atoms with Gasteiger partial charge in [-0.15, -0.1) is 0 Å². The first-order valence-corrected chi connectivity index (χ1v) is 7.66. The van der Waals surface area contributed by atoms with E-state index in [1.54, 1.807) is 0 Å². The largest absolute Gasteiger partial charge is 0.394 e. The van der Waals surface area contributed by atoms with Gasteiger partial charge in [0.2, 0.25) is 0 Å². The van der Waals surface area contributed by atoms with Crippen molar-refractivity contribution in [1.82, 2.24) is 20.2 Å². The van der Waals surface area contributed by atoms with E-state index in [1.807, 2.05) is 44.2 Å². The molecule has 0 amide bonds. The van der Waals surface area contributed by atoms with E-state index in [9.17, 15) is 0 Å². The molecule has 2 aromatic heterocycles. The van der Waals surface area contributed by atoms with Crippen LogP contribution in [0, 0.1) is 6.92 Å². The van der Waals surface area contributed by atoms with Gasteiger partial charge >= 0.3 is 0 Å². The molecule has 0 aliphatic rings.